The van der Waals surface area contributed by atoms with Crippen LogP contribution in [0.4, 0.5) is 4.39 Å². The Hall–Kier alpha value is -2.56. The normalized spacial score (nSPS) is 13.3. The van der Waals surface area contributed by atoms with Crippen molar-refractivity contribution < 1.29 is 18.7 Å². The van der Waals surface area contributed by atoms with Crippen molar-refractivity contribution in [2.75, 3.05) is 13.2 Å². The predicted molar refractivity (Wildman–Crippen MR) is 84.0 cm³/mol. The summed E-state index contributed by atoms with van der Waals surface area (Å²) in [7, 11) is 0. The number of carbonyl (C=O) groups is 1. The molecule has 2 aromatic rings. The first-order valence-corrected chi connectivity index (χ1v) is 7.60. The van der Waals surface area contributed by atoms with E-state index in [1.165, 1.54) is 12.1 Å². The van der Waals surface area contributed by atoms with Gasteiger partial charge in [0.2, 0.25) is 5.91 Å². The molecule has 0 unspecified atom stereocenters. The Bertz CT molecular complexity index is 685. The van der Waals surface area contributed by atoms with Crippen LogP contribution in [0.2, 0.25) is 0 Å². The van der Waals surface area contributed by atoms with Crippen LogP contribution in [0.25, 0.3) is 0 Å². The van der Waals surface area contributed by atoms with Crippen LogP contribution in [0.1, 0.15) is 17.5 Å². The topological polar surface area (TPSA) is 47.6 Å². The molecule has 4 nitrogen and oxygen atoms in total. The number of rotatable bonds is 4. The van der Waals surface area contributed by atoms with Crippen molar-refractivity contribution in [3.63, 3.8) is 0 Å². The monoisotopic (exact) mass is 315 g/mol. The Labute approximate surface area is 134 Å². The molecule has 1 aliphatic heterocycles. The van der Waals surface area contributed by atoms with Crippen LogP contribution in [0.15, 0.2) is 42.5 Å². The molecule has 0 saturated heterocycles. The lowest BCUT2D eigenvalue weighted by molar-refractivity contribution is -0.120. The lowest BCUT2D eigenvalue weighted by Crippen LogP contribution is -2.24. The summed E-state index contributed by atoms with van der Waals surface area (Å²) < 4.78 is 24.0. The molecule has 0 aromatic heterocycles. The van der Waals surface area contributed by atoms with E-state index >= 15 is 0 Å². The van der Waals surface area contributed by atoms with Gasteiger partial charge in [-0.3, -0.25) is 4.79 Å². The summed E-state index contributed by atoms with van der Waals surface area (Å²) >= 11 is 0. The molecule has 3 rings (SSSR count). The van der Waals surface area contributed by atoms with Gasteiger partial charge >= 0.3 is 0 Å². The molecule has 5 heteroatoms. The van der Waals surface area contributed by atoms with Crippen LogP contribution in [0.5, 0.6) is 11.5 Å². The first-order valence-electron chi connectivity index (χ1n) is 7.60. The van der Waals surface area contributed by atoms with Crippen LogP contribution in [0.3, 0.4) is 0 Å². The number of carbonyl (C=O) groups excluding carboxylic acids is 1. The molecule has 1 aliphatic rings. The molecule has 23 heavy (non-hydrogen) atoms. The SMILES string of the molecule is O=C(Cc1ccc2c(c1)OCCCO2)NCc1ccc(F)cc1. The van der Waals surface area contributed by atoms with Crippen molar-refractivity contribution >= 4 is 5.91 Å². The zero-order valence-corrected chi connectivity index (χ0v) is 12.7. The Morgan fingerprint density at radius 3 is 2.48 bits per heavy atom. The van der Waals surface area contributed by atoms with Crippen LogP contribution in [-0.2, 0) is 17.8 Å². The third kappa shape index (κ3) is 4.22. The van der Waals surface area contributed by atoms with Crippen molar-refractivity contribution in [2.24, 2.45) is 0 Å². The third-order valence-electron chi connectivity index (χ3n) is 3.58. The van der Waals surface area contributed by atoms with E-state index < -0.39 is 0 Å². The molecule has 120 valence electrons. The lowest BCUT2D eigenvalue weighted by Gasteiger charge is -2.10. The first-order chi connectivity index (χ1) is 11.2. The number of nitrogens with one attached hydrogen (secondary N) is 1. The van der Waals surface area contributed by atoms with Crippen molar-refractivity contribution in [1.29, 1.82) is 0 Å². The number of halogens is 1. The van der Waals surface area contributed by atoms with Gasteiger partial charge in [0.25, 0.3) is 0 Å². The maximum Gasteiger partial charge on any atom is 0.224 e. The quantitative estimate of drug-likeness (QED) is 0.944. The number of benzene rings is 2. The second-order valence-corrected chi connectivity index (χ2v) is 5.41. The molecule has 0 saturated carbocycles. The molecule has 0 aliphatic carbocycles. The second kappa shape index (κ2) is 7.13. The number of hydrogen-bond donors (Lipinski definition) is 1. The van der Waals surface area contributed by atoms with Gasteiger partial charge in [-0.25, -0.2) is 4.39 Å². The average Bonchev–Trinajstić information content (AvgIpc) is 2.79. The van der Waals surface area contributed by atoms with Crippen LogP contribution in [0, 0.1) is 5.82 Å². The van der Waals surface area contributed by atoms with Gasteiger partial charge in [-0.15, -0.1) is 0 Å². The minimum absolute atomic E-state index is 0.0937. The largest absolute Gasteiger partial charge is 0.490 e. The molecule has 0 radical (unpaired) electrons. The highest BCUT2D eigenvalue weighted by molar-refractivity contribution is 5.78. The fourth-order valence-corrected chi connectivity index (χ4v) is 2.37. The van der Waals surface area contributed by atoms with Gasteiger partial charge in [0.05, 0.1) is 19.6 Å². The number of ether oxygens (including phenoxy) is 2. The highest BCUT2D eigenvalue weighted by Crippen LogP contribution is 2.30. The predicted octanol–water partition coefficient (Wildman–Crippen LogP) is 2.85. The van der Waals surface area contributed by atoms with E-state index in [0.29, 0.717) is 25.5 Å². The summed E-state index contributed by atoms with van der Waals surface area (Å²) in [5.41, 5.74) is 1.73. The highest BCUT2D eigenvalue weighted by atomic mass is 19.1. The zero-order valence-electron chi connectivity index (χ0n) is 12.7. The van der Waals surface area contributed by atoms with Crippen LogP contribution < -0.4 is 14.8 Å². The second-order valence-electron chi connectivity index (χ2n) is 5.41. The number of fused-ring (bicyclic) bond motifs is 1. The first kappa shape index (κ1) is 15.3. The molecule has 1 N–H and O–H groups in total. The minimum atomic E-state index is -0.285. The molecule has 0 spiro atoms. The van der Waals surface area contributed by atoms with E-state index in [-0.39, 0.29) is 18.1 Å². The maximum absolute atomic E-state index is 12.8. The van der Waals surface area contributed by atoms with E-state index in [2.05, 4.69) is 5.32 Å². The summed E-state index contributed by atoms with van der Waals surface area (Å²) in [5.74, 6) is 1.03. The average molecular weight is 315 g/mol. The summed E-state index contributed by atoms with van der Waals surface area (Å²) in [5, 5.41) is 2.83. The summed E-state index contributed by atoms with van der Waals surface area (Å²) in [6.07, 6.45) is 1.11. The summed E-state index contributed by atoms with van der Waals surface area (Å²) in [4.78, 5) is 12.0. The van der Waals surface area contributed by atoms with E-state index in [1.807, 2.05) is 18.2 Å². The van der Waals surface area contributed by atoms with E-state index in [9.17, 15) is 9.18 Å². The van der Waals surface area contributed by atoms with Crippen molar-refractivity contribution in [3.8, 4) is 11.5 Å². The summed E-state index contributed by atoms with van der Waals surface area (Å²) in [6.45, 7) is 1.64. The number of amides is 1. The molecule has 0 fully saturated rings. The Balaban J connectivity index is 1.57. The van der Waals surface area contributed by atoms with Gasteiger partial charge in [-0.1, -0.05) is 18.2 Å². The molecular weight excluding hydrogens is 297 g/mol. The van der Waals surface area contributed by atoms with Gasteiger partial charge < -0.3 is 14.8 Å². The molecule has 0 bridgehead atoms. The zero-order chi connectivity index (χ0) is 16.1. The van der Waals surface area contributed by atoms with E-state index in [4.69, 9.17) is 9.47 Å². The summed E-state index contributed by atoms with van der Waals surface area (Å²) in [6, 6.07) is 11.6. The smallest absolute Gasteiger partial charge is 0.224 e. The van der Waals surface area contributed by atoms with Crippen molar-refractivity contribution in [1.82, 2.24) is 5.32 Å². The highest BCUT2D eigenvalue weighted by Gasteiger charge is 2.12. The maximum atomic E-state index is 12.8. The number of hydrogen-bond acceptors (Lipinski definition) is 3. The van der Waals surface area contributed by atoms with Gasteiger partial charge in [-0.05, 0) is 35.4 Å². The molecule has 1 heterocycles. The molecule has 0 atom stereocenters. The minimum Gasteiger partial charge on any atom is -0.490 e. The van der Waals surface area contributed by atoms with E-state index in [1.54, 1.807) is 12.1 Å². The lowest BCUT2D eigenvalue weighted by atomic mass is 10.1. The van der Waals surface area contributed by atoms with Crippen molar-refractivity contribution in [2.45, 2.75) is 19.4 Å². The molecular formula is C18H18FNO3. The molecule has 1 amide bonds. The van der Waals surface area contributed by atoms with Crippen LogP contribution in [-0.4, -0.2) is 19.1 Å². The Kier molecular flexibility index (Phi) is 4.76. The van der Waals surface area contributed by atoms with Gasteiger partial charge in [0, 0.05) is 13.0 Å². The van der Waals surface area contributed by atoms with Crippen LogP contribution >= 0.6 is 0 Å². The van der Waals surface area contributed by atoms with Gasteiger partial charge in [-0.2, -0.15) is 0 Å². The fraction of sp³-hybridized carbons (Fsp3) is 0.278. The fourth-order valence-electron chi connectivity index (χ4n) is 2.37. The van der Waals surface area contributed by atoms with Crippen molar-refractivity contribution in [3.05, 3.63) is 59.4 Å². The van der Waals surface area contributed by atoms with Gasteiger partial charge in [0.1, 0.15) is 5.82 Å². The third-order valence-corrected chi connectivity index (χ3v) is 3.58. The Morgan fingerprint density at radius 1 is 1.00 bits per heavy atom. The Morgan fingerprint density at radius 2 is 1.70 bits per heavy atom. The standard InChI is InChI=1S/C18H18FNO3/c19-15-5-2-13(3-6-15)12-20-18(21)11-14-4-7-16-17(10-14)23-9-1-8-22-16/h2-7,10H,1,8-9,11-12H2,(H,20,21). The van der Waals surface area contributed by atoms with E-state index in [0.717, 1.165) is 23.3 Å². The van der Waals surface area contributed by atoms with Gasteiger partial charge in [0.15, 0.2) is 11.5 Å². The molecule has 2 aromatic carbocycles.